The fraction of sp³-hybridized carbons (Fsp3) is 0.545. The highest BCUT2D eigenvalue weighted by molar-refractivity contribution is 5.84. The molecule has 0 aromatic rings. The van der Waals surface area contributed by atoms with Gasteiger partial charge >= 0.3 is 5.97 Å². The summed E-state index contributed by atoms with van der Waals surface area (Å²) in [5, 5.41) is 29.5. The van der Waals surface area contributed by atoms with E-state index in [0.717, 1.165) is 0 Å². The predicted molar refractivity (Wildman–Crippen MR) is 54.0 cm³/mol. The molecule has 0 aromatic carbocycles. The molecular weight excluding hydrogens is 212 g/mol. The van der Waals surface area contributed by atoms with Crippen molar-refractivity contribution in [3.05, 3.63) is 24.5 Å². The number of ether oxygens (including phenoxy) is 1. The standard InChI is InChI=1S/C11H14O5/c1-5-3-4-7(12)9(14)11(5)8(13)6(2)16-10(11)15/h3-5,7-9,12-14H,2H2,1H3/t5?,7?,8-,9?,11-/m1/s1. The van der Waals surface area contributed by atoms with E-state index in [2.05, 4.69) is 6.58 Å². The number of allylic oxidation sites excluding steroid dienone is 1. The third-order valence-electron chi connectivity index (χ3n) is 3.50. The SMILES string of the molecule is C=C1OC(=O)[C@]2(C(C)C=CC(O)C2O)[C@@H]1O. The summed E-state index contributed by atoms with van der Waals surface area (Å²) in [6.45, 7) is 5.09. The van der Waals surface area contributed by atoms with Crippen LogP contribution in [0.5, 0.6) is 0 Å². The topological polar surface area (TPSA) is 87.0 Å². The van der Waals surface area contributed by atoms with Crippen LogP contribution in [0.1, 0.15) is 6.92 Å². The molecule has 3 unspecified atom stereocenters. The molecule has 0 radical (unpaired) electrons. The second-order valence-electron chi connectivity index (χ2n) is 4.30. The second kappa shape index (κ2) is 3.41. The first-order valence-corrected chi connectivity index (χ1v) is 5.06. The zero-order valence-electron chi connectivity index (χ0n) is 8.83. The molecule has 16 heavy (non-hydrogen) atoms. The van der Waals surface area contributed by atoms with Crippen LogP contribution < -0.4 is 0 Å². The van der Waals surface area contributed by atoms with E-state index >= 15 is 0 Å². The lowest BCUT2D eigenvalue weighted by Crippen LogP contribution is -2.57. The minimum atomic E-state index is -1.54. The Bertz CT molecular complexity index is 375. The zero-order valence-corrected chi connectivity index (χ0v) is 8.83. The molecule has 0 aromatic heterocycles. The van der Waals surface area contributed by atoms with Crippen molar-refractivity contribution < 1.29 is 24.9 Å². The number of hydrogen-bond acceptors (Lipinski definition) is 5. The molecule has 0 amide bonds. The molecule has 2 aliphatic rings. The number of hydrogen-bond donors (Lipinski definition) is 3. The summed E-state index contributed by atoms with van der Waals surface area (Å²) in [5.41, 5.74) is -1.54. The molecule has 1 saturated heterocycles. The van der Waals surface area contributed by atoms with Gasteiger partial charge < -0.3 is 20.1 Å². The highest BCUT2D eigenvalue weighted by atomic mass is 16.6. The summed E-state index contributed by atoms with van der Waals surface area (Å²) in [6.07, 6.45) is -0.898. The van der Waals surface area contributed by atoms with Crippen molar-refractivity contribution in [1.29, 1.82) is 0 Å². The van der Waals surface area contributed by atoms with E-state index in [-0.39, 0.29) is 5.76 Å². The van der Waals surface area contributed by atoms with Crippen molar-refractivity contribution in [1.82, 2.24) is 0 Å². The first-order chi connectivity index (χ1) is 7.42. The quantitative estimate of drug-likeness (QED) is 0.377. The van der Waals surface area contributed by atoms with Gasteiger partial charge in [-0.25, -0.2) is 0 Å². The van der Waals surface area contributed by atoms with Gasteiger partial charge in [0.05, 0.1) is 6.10 Å². The van der Waals surface area contributed by atoms with Gasteiger partial charge in [0.25, 0.3) is 0 Å². The monoisotopic (exact) mass is 226 g/mol. The fourth-order valence-corrected chi connectivity index (χ4v) is 2.46. The van der Waals surface area contributed by atoms with Gasteiger partial charge in [-0.2, -0.15) is 0 Å². The van der Waals surface area contributed by atoms with Gasteiger partial charge in [-0.05, 0) is 5.92 Å². The van der Waals surface area contributed by atoms with Crippen LogP contribution in [0.15, 0.2) is 24.5 Å². The normalized spacial score (nSPS) is 47.5. The minimum Gasteiger partial charge on any atom is -0.428 e. The van der Waals surface area contributed by atoms with Gasteiger partial charge in [-0.3, -0.25) is 4.79 Å². The largest absolute Gasteiger partial charge is 0.428 e. The Labute approximate surface area is 92.7 Å². The summed E-state index contributed by atoms with van der Waals surface area (Å²) in [6, 6.07) is 0. The van der Waals surface area contributed by atoms with E-state index < -0.39 is 35.6 Å². The Morgan fingerprint density at radius 1 is 1.38 bits per heavy atom. The van der Waals surface area contributed by atoms with E-state index in [9.17, 15) is 20.1 Å². The molecule has 0 bridgehead atoms. The van der Waals surface area contributed by atoms with Crippen molar-refractivity contribution in [2.45, 2.75) is 25.2 Å². The Morgan fingerprint density at radius 3 is 2.50 bits per heavy atom. The Morgan fingerprint density at radius 2 is 2.00 bits per heavy atom. The van der Waals surface area contributed by atoms with E-state index in [4.69, 9.17) is 4.74 Å². The molecule has 5 heteroatoms. The number of carbonyl (C=O) groups excluding carboxylic acids is 1. The lowest BCUT2D eigenvalue weighted by molar-refractivity contribution is -0.165. The maximum Gasteiger partial charge on any atom is 0.323 e. The lowest BCUT2D eigenvalue weighted by atomic mass is 9.64. The molecule has 2 rings (SSSR count). The van der Waals surface area contributed by atoms with Crippen LogP contribution in [0.2, 0.25) is 0 Å². The van der Waals surface area contributed by atoms with Crippen LogP contribution in [0.25, 0.3) is 0 Å². The molecule has 1 heterocycles. The number of aliphatic hydroxyl groups excluding tert-OH is 3. The summed E-state index contributed by atoms with van der Waals surface area (Å²) in [5.74, 6) is -1.26. The van der Waals surface area contributed by atoms with E-state index in [1.165, 1.54) is 6.08 Å². The molecule has 0 saturated carbocycles. The number of esters is 1. The molecule has 5 nitrogen and oxygen atoms in total. The molecule has 1 aliphatic heterocycles. The van der Waals surface area contributed by atoms with Crippen LogP contribution in [0.4, 0.5) is 0 Å². The molecule has 3 N–H and O–H groups in total. The van der Waals surface area contributed by atoms with Gasteiger partial charge in [0.2, 0.25) is 0 Å². The van der Waals surface area contributed by atoms with Crippen molar-refractivity contribution in [3.63, 3.8) is 0 Å². The summed E-state index contributed by atoms with van der Waals surface area (Å²) >= 11 is 0. The summed E-state index contributed by atoms with van der Waals surface area (Å²) in [7, 11) is 0. The smallest absolute Gasteiger partial charge is 0.323 e. The van der Waals surface area contributed by atoms with Crippen molar-refractivity contribution in [3.8, 4) is 0 Å². The third kappa shape index (κ3) is 1.13. The van der Waals surface area contributed by atoms with Gasteiger partial charge in [-0.1, -0.05) is 25.7 Å². The van der Waals surface area contributed by atoms with Crippen LogP contribution in [0, 0.1) is 11.3 Å². The third-order valence-corrected chi connectivity index (χ3v) is 3.50. The lowest BCUT2D eigenvalue weighted by Gasteiger charge is -2.40. The number of aliphatic hydroxyl groups is 3. The Hall–Kier alpha value is -1.17. The molecular formula is C11H14O5. The highest BCUT2D eigenvalue weighted by Gasteiger charge is 2.63. The maximum atomic E-state index is 11.8. The number of carbonyl (C=O) groups is 1. The zero-order chi connectivity index (χ0) is 12.1. The second-order valence-corrected chi connectivity index (χ2v) is 4.30. The van der Waals surface area contributed by atoms with E-state index in [1.807, 2.05) is 0 Å². The van der Waals surface area contributed by atoms with Gasteiger partial charge in [0.1, 0.15) is 23.4 Å². The van der Waals surface area contributed by atoms with Crippen molar-refractivity contribution in [2.75, 3.05) is 0 Å². The molecule has 5 atom stereocenters. The Kier molecular flexibility index (Phi) is 2.41. The van der Waals surface area contributed by atoms with Crippen LogP contribution in [0.3, 0.4) is 0 Å². The maximum absolute atomic E-state index is 11.8. The summed E-state index contributed by atoms with van der Waals surface area (Å²) in [4.78, 5) is 11.8. The fourth-order valence-electron chi connectivity index (χ4n) is 2.46. The highest BCUT2D eigenvalue weighted by Crippen LogP contribution is 2.48. The first-order valence-electron chi connectivity index (χ1n) is 5.06. The first kappa shape index (κ1) is 11.3. The molecule has 1 aliphatic carbocycles. The van der Waals surface area contributed by atoms with Crippen LogP contribution in [-0.2, 0) is 9.53 Å². The molecule has 1 spiro atoms. The number of rotatable bonds is 0. The van der Waals surface area contributed by atoms with Crippen LogP contribution in [-0.4, -0.2) is 39.6 Å². The van der Waals surface area contributed by atoms with Crippen molar-refractivity contribution in [2.24, 2.45) is 11.3 Å². The van der Waals surface area contributed by atoms with Gasteiger partial charge in [0, 0.05) is 0 Å². The van der Waals surface area contributed by atoms with E-state index in [1.54, 1.807) is 13.0 Å². The van der Waals surface area contributed by atoms with Gasteiger partial charge in [-0.15, -0.1) is 0 Å². The molecule has 88 valence electrons. The average molecular weight is 226 g/mol. The number of cyclic esters (lactones) is 1. The van der Waals surface area contributed by atoms with Crippen molar-refractivity contribution >= 4 is 5.97 Å². The van der Waals surface area contributed by atoms with Gasteiger partial charge in [0.15, 0.2) is 0 Å². The Balaban J connectivity index is 2.54. The average Bonchev–Trinajstić information content (AvgIpc) is 2.45. The molecule has 1 fully saturated rings. The summed E-state index contributed by atoms with van der Waals surface area (Å²) < 4.78 is 4.77. The minimum absolute atomic E-state index is 0.0848. The van der Waals surface area contributed by atoms with Crippen LogP contribution >= 0.6 is 0 Å². The predicted octanol–water partition coefficient (Wildman–Crippen LogP) is -0.668. The van der Waals surface area contributed by atoms with E-state index in [0.29, 0.717) is 0 Å².